The van der Waals surface area contributed by atoms with E-state index in [-0.39, 0.29) is 24.0 Å². The molecule has 0 spiro atoms. The number of fused-ring (bicyclic) bond motifs is 1. The molecule has 0 bridgehead atoms. The van der Waals surface area contributed by atoms with E-state index in [0.29, 0.717) is 16.7 Å². The van der Waals surface area contributed by atoms with Crippen molar-refractivity contribution in [3.8, 4) is 0 Å². The topological polar surface area (TPSA) is 80.5 Å². The highest BCUT2D eigenvalue weighted by molar-refractivity contribution is 6.21. The van der Waals surface area contributed by atoms with Gasteiger partial charge in [0.2, 0.25) is 0 Å². The molecular weight excluding hydrogens is 272 g/mol. The number of amides is 2. The van der Waals surface area contributed by atoms with E-state index >= 15 is 0 Å². The first-order valence-corrected chi connectivity index (χ1v) is 6.26. The molecule has 0 aliphatic carbocycles. The van der Waals surface area contributed by atoms with Gasteiger partial charge in [-0.3, -0.25) is 24.6 Å². The Labute approximate surface area is 119 Å². The van der Waals surface area contributed by atoms with Gasteiger partial charge in [-0.1, -0.05) is 24.3 Å². The largest absolute Gasteiger partial charge is 0.270 e. The Morgan fingerprint density at radius 1 is 0.905 bits per heavy atom. The highest BCUT2D eigenvalue weighted by Gasteiger charge is 2.34. The lowest BCUT2D eigenvalue weighted by Gasteiger charge is -2.13. The van der Waals surface area contributed by atoms with E-state index in [0.717, 1.165) is 4.90 Å². The summed E-state index contributed by atoms with van der Waals surface area (Å²) in [6, 6.07) is 12.4. The van der Waals surface area contributed by atoms with Crippen molar-refractivity contribution in [2.75, 3.05) is 0 Å². The van der Waals surface area contributed by atoms with Gasteiger partial charge in [-0.15, -0.1) is 0 Å². The van der Waals surface area contributed by atoms with Gasteiger partial charge >= 0.3 is 0 Å². The van der Waals surface area contributed by atoms with Gasteiger partial charge in [0.25, 0.3) is 17.5 Å². The highest BCUT2D eigenvalue weighted by atomic mass is 16.6. The van der Waals surface area contributed by atoms with Gasteiger partial charge in [0.05, 0.1) is 22.6 Å². The second-order valence-corrected chi connectivity index (χ2v) is 4.67. The van der Waals surface area contributed by atoms with Crippen molar-refractivity contribution in [1.29, 1.82) is 0 Å². The number of imide groups is 1. The number of hydrogen-bond donors (Lipinski definition) is 0. The molecule has 1 heterocycles. The lowest BCUT2D eigenvalue weighted by Crippen LogP contribution is -2.29. The van der Waals surface area contributed by atoms with E-state index < -0.39 is 4.92 Å². The molecule has 6 heteroatoms. The van der Waals surface area contributed by atoms with Crippen LogP contribution in [0.1, 0.15) is 26.3 Å². The standard InChI is InChI=1S/C15H10N2O4/c18-14-12-3-1-2-4-13(12)15(19)16(14)9-10-5-7-11(8-6-10)17(20)21/h1-8H,9H2. The Balaban J connectivity index is 1.85. The Morgan fingerprint density at radius 2 is 1.43 bits per heavy atom. The van der Waals surface area contributed by atoms with Crippen LogP contribution in [0.3, 0.4) is 0 Å². The molecule has 0 fully saturated rings. The minimum Gasteiger partial charge on any atom is -0.270 e. The van der Waals surface area contributed by atoms with Gasteiger partial charge in [-0.25, -0.2) is 0 Å². The highest BCUT2D eigenvalue weighted by Crippen LogP contribution is 2.24. The maximum Gasteiger partial charge on any atom is 0.269 e. The maximum absolute atomic E-state index is 12.2. The minimum absolute atomic E-state index is 0.0267. The molecule has 104 valence electrons. The summed E-state index contributed by atoms with van der Waals surface area (Å²) in [6.07, 6.45) is 0. The monoisotopic (exact) mass is 282 g/mol. The van der Waals surface area contributed by atoms with E-state index in [1.165, 1.54) is 12.1 Å². The summed E-state index contributed by atoms with van der Waals surface area (Å²) in [4.78, 5) is 35.6. The van der Waals surface area contributed by atoms with Gasteiger partial charge < -0.3 is 0 Å². The zero-order valence-corrected chi connectivity index (χ0v) is 10.9. The number of hydrogen-bond acceptors (Lipinski definition) is 4. The van der Waals surface area contributed by atoms with Gasteiger partial charge in [-0.2, -0.15) is 0 Å². The lowest BCUT2D eigenvalue weighted by molar-refractivity contribution is -0.384. The average Bonchev–Trinajstić information content (AvgIpc) is 2.73. The molecule has 0 atom stereocenters. The van der Waals surface area contributed by atoms with Crippen LogP contribution in [0, 0.1) is 10.1 Å². The smallest absolute Gasteiger partial charge is 0.269 e. The number of nitro benzene ring substituents is 1. The Hall–Kier alpha value is -3.02. The van der Waals surface area contributed by atoms with Crippen molar-refractivity contribution < 1.29 is 14.5 Å². The minimum atomic E-state index is -0.494. The van der Waals surface area contributed by atoms with Crippen LogP contribution in [0.5, 0.6) is 0 Å². The Morgan fingerprint density at radius 3 is 1.90 bits per heavy atom. The van der Waals surface area contributed by atoms with Crippen LogP contribution in [0.25, 0.3) is 0 Å². The van der Waals surface area contributed by atoms with Gasteiger partial charge in [0.1, 0.15) is 0 Å². The fourth-order valence-corrected chi connectivity index (χ4v) is 2.29. The number of rotatable bonds is 3. The zero-order valence-electron chi connectivity index (χ0n) is 10.9. The van der Waals surface area contributed by atoms with E-state index in [4.69, 9.17) is 0 Å². The van der Waals surface area contributed by atoms with Gasteiger partial charge in [0, 0.05) is 12.1 Å². The number of nitrogens with zero attached hydrogens (tertiary/aromatic N) is 2. The number of non-ortho nitro benzene ring substituents is 1. The molecule has 0 N–H and O–H groups in total. The molecule has 1 aliphatic heterocycles. The first-order valence-electron chi connectivity index (χ1n) is 6.26. The summed E-state index contributed by atoms with van der Waals surface area (Å²) >= 11 is 0. The van der Waals surface area contributed by atoms with E-state index in [2.05, 4.69) is 0 Å². The third-order valence-corrected chi connectivity index (χ3v) is 3.37. The first kappa shape index (κ1) is 13.0. The zero-order chi connectivity index (χ0) is 15.0. The molecule has 2 aromatic carbocycles. The quantitative estimate of drug-likeness (QED) is 0.492. The lowest BCUT2D eigenvalue weighted by atomic mass is 10.1. The molecule has 0 unspecified atom stereocenters. The van der Waals surface area contributed by atoms with Crippen molar-refractivity contribution in [1.82, 2.24) is 4.90 Å². The Bertz CT molecular complexity index is 718. The average molecular weight is 282 g/mol. The van der Waals surface area contributed by atoms with Crippen LogP contribution >= 0.6 is 0 Å². The van der Waals surface area contributed by atoms with Crippen LogP contribution in [0.4, 0.5) is 5.69 Å². The molecule has 2 aromatic rings. The molecule has 0 radical (unpaired) electrons. The molecule has 1 aliphatic rings. The maximum atomic E-state index is 12.2. The second kappa shape index (κ2) is 4.82. The molecule has 2 amide bonds. The van der Waals surface area contributed by atoms with E-state index in [9.17, 15) is 19.7 Å². The predicted octanol–water partition coefficient (Wildman–Crippen LogP) is 2.39. The molecule has 0 saturated carbocycles. The number of benzene rings is 2. The van der Waals surface area contributed by atoms with Crippen LogP contribution in [-0.4, -0.2) is 21.6 Å². The van der Waals surface area contributed by atoms with Crippen molar-refractivity contribution in [2.45, 2.75) is 6.54 Å². The van der Waals surface area contributed by atoms with Crippen LogP contribution in [0.2, 0.25) is 0 Å². The van der Waals surface area contributed by atoms with Crippen LogP contribution in [-0.2, 0) is 6.54 Å². The molecule has 0 aromatic heterocycles. The summed E-state index contributed by atoms with van der Waals surface area (Å²) < 4.78 is 0. The SMILES string of the molecule is O=C1c2ccccc2C(=O)N1Cc1ccc([N+](=O)[O-])cc1. The number of nitro groups is 1. The van der Waals surface area contributed by atoms with E-state index in [1.807, 2.05) is 0 Å². The fraction of sp³-hybridized carbons (Fsp3) is 0.0667. The van der Waals surface area contributed by atoms with Crippen molar-refractivity contribution in [2.24, 2.45) is 0 Å². The van der Waals surface area contributed by atoms with Crippen molar-refractivity contribution >= 4 is 17.5 Å². The van der Waals surface area contributed by atoms with Gasteiger partial charge in [-0.05, 0) is 17.7 Å². The molecular formula is C15H10N2O4. The first-order chi connectivity index (χ1) is 10.1. The number of carbonyl (C=O) groups excluding carboxylic acids is 2. The predicted molar refractivity (Wildman–Crippen MR) is 73.7 cm³/mol. The third kappa shape index (κ3) is 2.16. The molecule has 21 heavy (non-hydrogen) atoms. The molecule has 6 nitrogen and oxygen atoms in total. The molecule has 3 rings (SSSR count). The van der Waals surface area contributed by atoms with Crippen molar-refractivity contribution in [3.05, 3.63) is 75.3 Å². The third-order valence-electron chi connectivity index (χ3n) is 3.37. The number of carbonyl (C=O) groups is 2. The van der Waals surface area contributed by atoms with Crippen LogP contribution in [0.15, 0.2) is 48.5 Å². The normalized spacial score (nSPS) is 13.4. The molecule has 0 saturated heterocycles. The summed E-state index contributed by atoms with van der Waals surface area (Å²) in [6.45, 7) is 0.102. The second-order valence-electron chi connectivity index (χ2n) is 4.67. The summed E-state index contributed by atoms with van der Waals surface area (Å²) in [5.74, 6) is -0.678. The van der Waals surface area contributed by atoms with E-state index in [1.54, 1.807) is 36.4 Å². The summed E-state index contributed by atoms with van der Waals surface area (Å²) in [7, 11) is 0. The van der Waals surface area contributed by atoms with Crippen molar-refractivity contribution in [3.63, 3.8) is 0 Å². The Kier molecular flexibility index (Phi) is 2.98. The fourth-order valence-electron chi connectivity index (χ4n) is 2.29. The summed E-state index contributed by atoms with van der Waals surface area (Å²) in [5.41, 5.74) is 1.42. The van der Waals surface area contributed by atoms with Crippen LogP contribution < -0.4 is 0 Å². The van der Waals surface area contributed by atoms with Gasteiger partial charge in [0.15, 0.2) is 0 Å². The summed E-state index contributed by atoms with van der Waals surface area (Å²) in [5, 5.41) is 10.6.